The summed E-state index contributed by atoms with van der Waals surface area (Å²) in [5.41, 5.74) is 0.393. The molecule has 1 saturated carbocycles. The lowest BCUT2D eigenvalue weighted by Gasteiger charge is -2.39. The van der Waals surface area contributed by atoms with E-state index in [-0.39, 0.29) is 6.04 Å². The van der Waals surface area contributed by atoms with Crippen LogP contribution in [0.3, 0.4) is 0 Å². The van der Waals surface area contributed by atoms with E-state index in [1.54, 1.807) is 22.8 Å². The van der Waals surface area contributed by atoms with Gasteiger partial charge in [0.05, 0.1) is 11.0 Å². The molecule has 1 aromatic carbocycles. The molecule has 2 aromatic rings. The van der Waals surface area contributed by atoms with Crippen molar-refractivity contribution < 1.29 is 0 Å². The summed E-state index contributed by atoms with van der Waals surface area (Å²) < 4.78 is 1.69. The molecule has 146 valence electrons. The number of nitrogens with one attached hydrogen (secondary N) is 1. The quantitative estimate of drug-likeness (QED) is 0.787. The first-order valence-electron chi connectivity index (χ1n) is 10.3. The predicted molar refractivity (Wildman–Crippen MR) is 110 cm³/mol. The van der Waals surface area contributed by atoms with Crippen molar-refractivity contribution in [3.63, 3.8) is 0 Å². The second kappa shape index (κ2) is 8.19. The van der Waals surface area contributed by atoms with Crippen LogP contribution in [0.5, 0.6) is 0 Å². The number of fused-ring (bicyclic) bond motifs is 1. The Morgan fingerprint density at radius 3 is 2.26 bits per heavy atom. The van der Waals surface area contributed by atoms with Crippen molar-refractivity contribution in [1.82, 2.24) is 14.5 Å². The minimum Gasteiger partial charge on any atom is -0.316 e. The summed E-state index contributed by atoms with van der Waals surface area (Å²) in [6.45, 7) is 1.99. The highest BCUT2D eigenvalue weighted by molar-refractivity contribution is 6.31. The van der Waals surface area contributed by atoms with Crippen LogP contribution in [0.2, 0.25) is 5.02 Å². The van der Waals surface area contributed by atoms with Gasteiger partial charge in [-0.05, 0) is 43.9 Å². The molecular formula is C21H28ClN3O2. The van der Waals surface area contributed by atoms with Crippen molar-refractivity contribution in [2.24, 2.45) is 0 Å². The molecule has 0 radical (unpaired) electrons. The lowest BCUT2D eigenvalue weighted by molar-refractivity contribution is 0.116. The second-order valence-corrected chi connectivity index (χ2v) is 8.49. The van der Waals surface area contributed by atoms with E-state index >= 15 is 0 Å². The predicted octanol–water partition coefficient (Wildman–Crippen LogP) is 4.09. The van der Waals surface area contributed by atoms with Gasteiger partial charge in [0.25, 0.3) is 0 Å². The first-order chi connectivity index (χ1) is 13.1. The number of aromatic amines is 1. The Morgan fingerprint density at radius 2 is 1.56 bits per heavy atom. The molecule has 1 aromatic heterocycles. The molecule has 4 rings (SSSR count). The summed E-state index contributed by atoms with van der Waals surface area (Å²) in [7, 11) is 0. The van der Waals surface area contributed by atoms with Gasteiger partial charge in [-0.3, -0.25) is 14.2 Å². The Morgan fingerprint density at radius 1 is 0.889 bits per heavy atom. The molecule has 0 spiro atoms. The van der Waals surface area contributed by atoms with Crippen LogP contribution in [-0.2, 0) is 0 Å². The number of halogens is 1. The highest BCUT2D eigenvalue weighted by Gasteiger charge is 2.27. The number of H-pyrrole nitrogens is 1. The molecule has 27 heavy (non-hydrogen) atoms. The maximum Gasteiger partial charge on any atom is 0.316 e. The molecule has 0 bridgehead atoms. The van der Waals surface area contributed by atoms with Gasteiger partial charge < -0.3 is 9.88 Å². The summed E-state index contributed by atoms with van der Waals surface area (Å²) in [5.74, 6) is 0. The van der Waals surface area contributed by atoms with E-state index in [2.05, 4.69) is 9.88 Å². The standard InChI is InChI=1S/C21H28ClN3O2/c22-15-8-9-18-19(14-15)25(21(27)20(26)23-18)17-10-12-24(13-11-17)16-6-4-2-1-3-5-7-16/h8-9,14,16-17H,1-7,10-13H2,(H,23,26). The van der Waals surface area contributed by atoms with Gasteiger partial charge in [0.1, 0.15) is 0 Å². The maximum atomic E-state index is 12.6. The number of hydrogen-bond donors (Lipinski definition) is 1. The molecule has 1 aliphatic heterocycles. The van der Waals surface area contributed by atoms with Gasteiger partial charge in [0.15, 0.2) is 0 Å². The van der Waals surface area contributed by atoms with E-state index in [1.807, 2.05) is 0 Å². The summed E-state index contributed by atoms with van der Waals surface area (Å²) in [6, 6.07) is 6.05. The average Bonchev–Trinajstić information content (AvgIpc) is 2.64. The molecular weight excluding hydrogens is 362 g/mol. The number of benzene rings is 1. The van der Waals surface area contributed by atoms with Crippen LogP contribution in [0.1, 0.15) is 63.8 Å². The zero-order valence-electron chi connectivity index (χ0n) is 15.8. The summed E-state index contributed by atoms with van der Waals surface area (Å²) in [6.07, 6.45) is 11.2. The third-order valence-corrected chi connectivity index (χ3v) is 6.57. The van der Waals surface area contributed by atoms with Gasteiger partial charge in [0, 0.05) is 30.2 Å². The molecule has 6 heteroatoms. The highest BCUT2D eigenvalue weighted by Crippen LogP contribution is 2.29. The van der Waals surface area contributed by atoms with Crippen LogP contribution in [0.4, 0.5) is 0 Å². The first-order valence-corrected chi connectivity index (χ1v) is 10.7. The topological polar surface area (TPSA) is 58.1 Å². The van der Waals surface area contributed by atoms with Gasteiger partial charge >= 0.3 is 11.1 Å². The number of nitrogens with zero attached hydrogens (tertiary/aromatic N) is 2. The number of hydrogen-bond acceptors (Lipinski definition) is 3. The largest absolute Gasteiger partial charge is 0.316 e. The smallest absolute Gasteiger partial charge is 0.316 e. The molecule has 1 N–H and O–H groups in total. The Balaban J connectivity index is 1.56. The van der Waals surface area contributed by atoms with Crippen molar-refractivity contribution in [3.8, 4) is 0 Å². The van der Waals surface area contributed by atoms with Crippen LogP contribution in [0.25, 0.3) is 11.0 Å². The Labute approximate surface area is 164 Å². The van der Waals surface area contributed by atoms with E-state index in [0.717, 1.165) is 31.4 Å². The van der Waals surface area contributed by atoms with Crippen molar-refractivity contribution in [3.05, 3.63) is 43.9 Å². The van der Waals surface area contributed by atoms with Crippen molar-refractivity contribution in [1.29, 1.82) is 0 Å². The monoisotopic (exact) mass is 389 g/mol. The third-order valence-electron chi connectivity index (χ3n) is 6.34. The minimum atomic E-state index is -0.549. The Kier molecular flexibility index (Phi) is 5.69. The zero-order chi connectivity index (χ0) is 18.8. The van der Waals surface area contributed by atoms with Crippen molar-refractivity contribution >= 4 is 22.6 Å². The fourth-order valence-electron chi connectivity index (χ4n) is 4.88. The fourth-order valence-corrected chi connectivity index (χ4v) is 5.04. The van der Waals surface area contributed by atoms with Gasteiger partial charge in [-0.1, -0.05) is 43.7 Å². The van der Waals surface area contributed by atoms with Crippen molar-refractivity contribution in [2.75, 3.05) is 13.1 Å². The minimum absolute atomic E-state index is 0.0607. The molecule has 2 heterocycles. The summed E-state index contributed by atoms with van der Waals surface area (Å²) in [4.78, 5) is 30.1. The lowest BCUT2D eigenvalue weighted by atomic mass is 9.93. The number of likely N-dealkylation sites (tertiary alicyclic amines) is 1. The number of rotatable bonds is 2. The zero-order valence-corrected chi connectivity index (χ0v) is 16.5. The van der Waals surface area contributed by atoms with Crippen LogP contribution in [-0.4, -0.2) is 33.6 Å². The normalized spacial score (nSPS) is 21.2. The SMILES string of the molecule is O=c1[nH]c2ccc(Cl)cc2n(C2CCN(C3CCCCCCC3)CC2)c1=O. The highest BCUT2D eigenvalue weighted by atomic mass is 35.5. The number of piperidine rings is 1. The summed E-state index contributed by atoms with van der Waals surface area (Å²) in [5, 5.41) is 0.578. The van der Waals surface area contributed by atoms with Crippen LogP contribution >= 0.6 is 11.6 Å². The molecule has 5 nitrogen and oxygen atoms in total. The first kappa shape index (κ1) is 18.8. The third kappa shape index (κ3) is 3.99. The Bertz CT molecular complexity index is 904. The van der Waals surface area contributed by atoms with Crippen LogP contribution in [0, 0.1) is 0 Å². The van der Waals surface area contributed by atoms with Gasteiger partial charge in [0.2, 0.25) is 0 Å². The molecule has 0 amide bonds. The van der Waals surface area contributed by atoms with Crippen LogP contribution in [0.15, 0.2) is 27.8 Å². The fraction of sp³-hybridized carbons (Fsp3) is 0.619. The lowest BCUT2D eigenvalue weighted by Crippen LogP contribution is -2.45. The Hall–Kier alpha value is -1.59. The van der Waals surface area contributed by atoms with E-state index in [4.69, 9.17) is 11.6 Å². The average molecular weight is 390 g/mol. The molecule has 1 aliphatic carbocycles. The van der Waals surface area contributed by atoms with E-state index in [0.29, 0.717) is 16.6 Å². The van der Waals surface area contributed by atoms with Gasteiger partial charge in [-0.15, -0.1) is 0 Å². The number of aromatic nitrogens is 2. The van der Waals surface area contributed by atoms with Crippen molar-refractivity contribution in [2.45, 2.75) is 69.9 Å². The maximum absolute atomic E-state index is 12.6. The molecule has 2 fully saturated rings. The van der Waals surface area contributed by atoms with E-state index < -0.39 is 11.1 Å². The molecule has 2 aliphatic rings. The van der Waals surface area contributed by atoms with E-state index in [1.165, 1.54) is 44.9 Å². The molecule has 0 unspecified atom stereocenters. The van der Waals surface area contributed by atoms with Gasteiger partial charge in [-0.25, -0.2) is 0 Å². The second-order valence-electron chi connectivity index (χ2n) is 8.06. The molecule has 1 saturated heterocycles. The summed E-state index contributed by atoms with van der Waals surface area (Å²) >= 11 is 6.16. The van der Waals surface area contributed by atoms with E-state index in [9.17, 15) is 9.59 Å². The van der Waals surface area contributed by atoms with Crippen LogP contribution < -0.4 is 11.1 Å². The van der Waals surface area contributed by atoms with Gasteiger partial charge in [-0.2, -0.15) is 0 Å². The molecule has 0 atom stereocenters.